The van der Waals surface area contributed by atoms with Crippen molar-refractivity contribution in [2.75, 3.05) is 4.90 Å². The number of carbonyl (C=O) groups is 3. The summed E-state index contributed by atoms with van der Waals surface area (Å²) in [5.74, 6) is -1.27. The summed E-state index contributed by atoms with van der Waals surface area (Å²) in [5.41, 5.74) is 1.41. The summed E-state index contributed by atoms with van der Waals surface area (Å²) in [5, 5.41) is 21.7. The molecule has 8 heteroatoms. The van der Waals surface area contributed by atoms with Gasteiger partial charge in [0.25, 0.3) is 5.91 Å². The van der Waals surface area contributed by atoms with E-state index < -0.39 is 24.1 Å². The van der Waals surface area contributed by atoms with Gasteiger partial charge in [-0.15, -0.1) is 11.3 Å². The molecule has 1 aromatic carbocycles. The van der Waals surface area contributed by atoms with Crippen LogP contribution in [0.5, 0.6) is 0 Å². The zero-order chi connectivity index (χ0) is 22.4. The molecule has 3 rings (SSSR count). The quantitative estimate of drug-likeness (QED) is 0.318. The molecule has 1 aliphatic rings. The number of amides is 3. The van der Waals surface area contributed by atoms with E-state index in [1.807, 2.05) is 0 Å². The molecule has 2 unspecified atom stereocenters. The van der Waals surface area contributed by atoms with E-state index in [2.05, 4.69) is 12.2 Å². The van der Waals surface area contributed by atoms with Crippen molar-refractivity contribution < 1.29 is 24.6 Å². The average molecular weight is 461 g/mol. The number of hydrogen-bond donors (Lipinski definition) is 3. The maximum Gasteiger partial charge on any atom is 0.345 e. The second kappa shape index (κ2) is 11.8. The molecule has 3 N–H and O–H groups in total. The van der Waals surface area contributed by atoms with Crippen molar-refractivity contribution in [1.82, 2.24) is 5.32 Å². The van der Waals surface area contributed by atoms with Crippen LogP contribution in [-0.2, 0) is 11.2 Å². The Kier molecular flexibility index (Phi) is 9.41. The van der Waals surface area contributed by atoms with E-state index in [1.165, 1.54) is 16.2 Å². The smallest absolute Gasteiger partial charge is 0.345 e. The number of urea groups is 1. The number of carboxylic acids is 1. The molecule has 1 aromatic heterocycles. The Morgan fingerprint density at radius 3 is 2.47 bits per heavy atom. The molecule has 2 heterocycles. The van der Waals surface area contributed by atoms with Crippen molar-refractivity contribution in [1.29, 1.82) is 0 Å². The minimum atomic E-state index is -0.942. The van der Waals surface area contributed by atoms with Crippen molar-refractivity contribution in [2.24, 2.45) is 0 Å². The molecule has 0 spiro atoms. The lowest BCUT2D eigenvalue weighted by atomic mass is 10.0. The van der Waals surface area contributed by atoms with Crippen LogP contribution < -0.4 is 10.2 Å². The molecule has 0 bridgehead atoms. The standard InChI is InChI=1S/C23H28N2O5S.CH4/c1-2-3-4-8-19(26)15-9-11-16(12-10-15)25-18(21(27)24-23(25)30)7-5-6-17-13-14-20(31-17)22(28)29;/h9-14,18-19,26H,2-8H2,1H3,(H,28,29)(H,24,27,30);1H4. The number of nitrogens with zero attached hydrogens (tertiary/aromatic N) is 1. The Morgan fingerprint density at radius 2 is 1.84 bits per heavy atom. The van der Waals surface area contributed by atoms with Crippen LogP contribution in [0, 0.1) is 0 Å². The van der Waals surface area contributed by atoms with Crippen LogP contribution in [0.15, 0.2) is 36.4 Å². The summed E-state index contributed by atoms with van der Waals surface area (Å²) in [7, 11) is 0. The molecule has 2 aromatic rings. The highest BCUT2D eigenvalue weighted by Crippen LogP contribution is 2.28. The lowest BCUT2D eigenvalue weighted by molar-refractivity contribution is -0.120. The summed E-state index contributed by atoms with van der Waals surface area (Å²) in [6.07, 6.45) is 5.07. The Hall–Kier alpha value is -2.71. The number of hydrogen-bond acceptors (Lipinski definition) is 5. The number of thiophene rings is 1. The zero-order valence-corrected chi connectivity index (χ0v) is 18.4. The summed E-state index contributed by atoms with van der Waals surface area (Å²) >= 11 is 1.23. The number of carboxylic acid groups (broad SMARTS) is 1. The van der Waals surface area contributed by atoms with Crippen molar-refractivity contribution in [2.45, 2.75) is 71.4 Å². The summed E-state index contributed by atoms with van der Waals surface area (Å²) < 4.78 is 0. The maximum absolute atomic E-state index is 12.4. The minimum absolute atomic E-state index is 0. The Bertz CT molecular complexity index is 925. The monoisotopic (exact) mass is 460 g/mol. The number of aliphatic hydroxyl groups excluding tert-OH is 1. The molecule has 3 amide bonds. The number of rotatable bonds is 11. The van der Waals surface area contributed by atoms with Crippen LogP contribution in [-0.4, -0.2) is 34.2 Å². The molecule has 32 heavy (non-hydrogen) atoms. The number of aryl methyl sites for hydroxylation is 1. The summed E-state index contributed by atoms with van der Waals surface area (Å²) in [6.45, 7) is 2.12. The van der Waals surface area contributed by atoms with Gasteiger partial charge in [0, 0.05) is 10.6 Å². The third kappa shape index (κ3) is 6.17. The number of benzene rings is 1. The fraction of sp³-hybridized carbons (Fsp3) is 0.458. The molecule has 0 radical (unpaired) electrons. The minimum Gasteiger partial charge on any atom is -0.477 e. The first-order chi connectivity index (χ1) is 14.9. The first-order valence-corrected chi connectivity index (χ1v) is 11.5. The normalized spacial score (nSPS) is 16.6. The predicted molar refractivity (Wildman–Crippen MR) is 126 cm³/mol. The van der Waals surface area contributed by atoms with E-state index in [1.54, 1.807) is 36.4 Å². The molecule has 0 aliphatic carbocycles. The Morgan fingerprint density at radius 1 is 1.12 bits per heavy atom. The van der Waals surface area contributed by atoms with E-state index in [-0.39, 0.29) is 13.3 Å². The second-order valence-electron chi connectivity index (χ2n) is 7.75. The van der Waals surface area contributed by atoms with E-state index in [4.69, 9.17) is 5.11 Å². The van der Waals surface area contributed by atoms with Crippen LogP contribution in [0.4, 0.5) is 10.5 Å². The van der Waals surface area contributed by atoms with Crippen LogP contribution >= 0.6 is 11.3 Å². The first kappa shape index (κ1) is 25.5. The van der Waals surface area contributed by atoms with Crippen molar-refractivity contribution in [3.05, 3.63) is 51.7 Å². The molecule has 7 nitrogen and oxygen atoms in total. The lowest BCUT2D eigenvalue weighted by Crippen LogP contribution is -2.35. The molecule has 1 fully saturated rings. The SMILES string of the molecule is C.CCCCCC(O)c1ccc(N2C(=O)NC(=O)C2CCCc2ccc(C(=O)O)s2)cc1. The van der Waals surface area contributed by atoms with Crippen molar-refractivity contribution >= 4 is 34.9 Å². The number of unbranched alkanes of at least 4 members (excludes halogenated alkanes) is 2. The molecular weight excluding hydrogens is 428 g/mol. The highest BCUT2D eigenvalue weighted by Gasteiger charge is 2.38. The topological polar surface area (TPSA) is 107 Å². The van der Waals surface area contributed by atoms with Crippen molar-refractivity contribution in [3.63, 3.8) is 0 Å². The van der Waals surface area contributed by atoms with Crippen molar-refractivity contribution in [3.8, 4) is 0 Å². The van der Waals surface area contributed by atoms with Crippen LogP contribution in [0.1, 0.15) is 79.1 Å². The lowest BCUT2D eigenvalue weighted by Gasteiger charge is -2.22. The molecule has 1 saturated heterocycles. The van der Waals surface area contributed by atoms with Gasteiger partial charge in [-0.3, -0.25) is 15.0 Å². The van der Waals surface area contributed by atoms with Crippen LogP contribution in [0.3, 0.4) is 0 Å². The third-order valence-corrected chi connectivity index (χ3v) is 6.61. The van der Waals surface area contributed by atoms with Gasteiger partial charge in [-0.1, -0.05) is 45.7 Å². The van der Waals surface area contributed by atoms with Gasteiger partial charge in [-0.2, -0.15) is 0 Å². The fourth-order valence-corrected chi connectivity index (χ4v) is 4.66. The number of aromatic carboxylic acids is 1. The first-order valence-electron chi connectivity index (χ1n) is 10.6. The van der Waals surface area contributed by atoms with Gasteiger partial charge in [-0.05, 0) is 55.5 Å². The largest absolute Gasteiger partial charge is 0.477 e. The van der Waals surface area contributed by atoms with Gasteiger partial charge in [0.1, 0.15) is 10.9 Å². The molecule has 2 atom stereocenters. The average Bonchev–Trinajstić information content (AvgIpc) is 3.33. The van der Waals surface area contributed by atoms with Gasteiger partial charge in [-0.25, -0.2) is 9.59 Å². The predicted octanol–water partition coefficient (Wildman–Crippen LogP) is 5.14. The number of nitrogens with one attached hydrogen (secondary N) is 1. The Labute approximate surface area is 193 Å². The number of carbonyl (C=O) groups excluding carboxylic acids is 2. The summed E-state index contributed by atoms with van der Waals surface area (Å²) in [4.78, 5) is 38.4. The molecular formula is C24H32N2O5S. The fourth-order valence-electron chi connectivity index (χ4n) is 3.77. The zero-order valence-electron chi connectivity index (χ0n) is 17.5. The highest BCUT2D eigenvalue weighted by molar-refractivity contribution is 7.13. The van der Waals surface area contributed by atoms with E-state index in [0.29, 0.717) is 36.2 Å². The third-order valence-electron chi connectivity index (χ3n) is 5.47. The van der Waals surface area contributed by atoms with E-state index >= 15 is 0 Å². The highest BCUT2D eigenvalue weighted by atomic mass is 32.1. The number of imide groups is 1. The van der Waals surface area contributed by atoms with Crippen LogP contribution in [0.2, 0.25) is 0 Å². The van der Waals surface area contributed by atoms with Gasteiger partial charge in [0.2, 0.25) is 0 Å². The van der Waals surface area contributed by atoms with Gasteiger partial charge in [0.15, 0.2) is 0 Å². The second-order valence-corrected chi connectivity index (χ2v) is 8.91. The summed E-state index contributed by atoms with van der Waals surface area (Å²) in [6, 6.07) is 9.46. The van der Waals surface area contributed by atoms with E-state index in [9.17, 15) is 19.5 Å². The van der Waals surface area contributed by atoms with Gasteiger partial charge < -0.3 is 10.2 Å². The number of aliphatic hydroxyl groups is 1. The van der Waals surface area contributed by atoms with E-state index in [0.717, 1.165) is 29.7 Å². The molecule has 0 saturated carbocycles. The number of anilines is 1. The maximum atomic E-state index is 12.4. The van der Waals surface area contributed by atoms with Crippen LogP contribution in [0.25, 0.3) is 0 Å². The Balaban J connectivity index is 0.00000363. The molecule has 174 valence electrons. The molecule has 1 aliphatic heterocycles. The van der Waals surface area contributed by atoms with Gasteiger partial charge >= 0.3 is 12.0 Å². The van der Waals surface area contributed by atoms with Gasteiger partial charge in [0.05, 0.1) is 6.10 Å².